The normalized spacial score (nSPS) is 11.1. The fraction of sp³-hybridized carbons (Fsp3) is 0.214. The maximum absolute atomic E-state index is 10.8. The molecule has 5 nitrogen and oxygen atoms in total. The van der Waals surface area contributed by atoms with Crippen molar-refractivity contribution in [2.45, 2.75) is 18.6 Å². The highest BCUT2D eigenvalue weighted by molar-refractivity contribution is 7.99. The van der Waals surface area contributed by atoms with E-state index in [0.717, 1.165) is 26.1 Å². The van der Waals surface area contributed by atoms with Crippen LogP contribution in [0.4, 0.5) is 0 Å². The third kappa shape index (κ3) is 3.08. The van der Waals surface area contributed by atoms with Gasteiger partial charge in [0.15, 0.2) is 5.16 Å². The molecule has 2 heterocycles. The number of imidazole rings is 1. The first-order valence-corrected chi connectivity index (χ1v) is 8.15. The molecule has 21 heavy (non-hydrogen) atoms. The number of nitrogens with zero attached hydrogens (tertiary/aromatic N) is 3. The molecule has 108 valence electrons. The number of hydrogen-bond acceptors (Lipinski definition) is 5. The number of para-hydroxylation sites is 2. The summed E-state index contributed by atoms with van der Waals surface area (Å²) in [6, 6.07) is 7.84. The second kappa shape index (κ2) is 5.87. The highest BCUT2D eigenvalue weighted by Gasteiger charge is 2.13. The first-order chi connectivity index (χ1) is 10.1. The van der Waals surface area contributed by atoms with Crippen LogP contribution >= 0.6 is 23.1 Å². The molecule has 7 heteroatoms. The van der Waals surface area contributed by atoms with Crippen LogP contribution < -0.4 is 0 Å². The van der Waals surface area contributed by atoms with Crippen LogP contribution in [0.25, 0.3) is 11.0 Å². The van der Waals surface area contributed by atoms with Gasteiger partial charge in [0.2, 0.25) is 0 Å². The van der Waals surface area contributed by atoms with Gasteiger partial charge < -0.3 is 9.67 Å². The van der Waals surface area contributed by atoms with Crippen LogP contribution in [0.1, 0.15) is 9.88 Å². The molecule has 0 unspecified atom stereocenters. The van der Waals surface area contributed by atoms with E-state index in [9.17, 15) is 4.79 Å². The van der Waals surface area contributed by atoms with Crippen molar-refractivity contribution in [1.82, 2.24) is 14.5 Å². The summed E-state index contributed by atoms with van der Waals surface area (Å²) in [5, 5.41) is 10.6. The van der Waals surface area contributed by atoms with Crippen LogP contribution in [-0.2, 0) is 11.3 Å². The van der Waals surface area contributed by atoms with Gasteiger partial charge in [-0.05, 0) is 19.1 Å². The summed E-state index contributed by atoms with van der Waals surface area (Å²) in [6.07, 6.45) is 1.86. The number of aliphatic carboxylic acids is 1. The van der Waals surface area contributed by atoms with Gasteiger partial charge in [-0.2, -0.15) is 0 Å². The Hall–Kier alpha value is -1.86. The topological polar surface area (TPSA) is 68.0 Å². The monoisotopic (exact) mass is 319 g/mol. The molecule has 3 aromatic rings. The number of aryl methyl sites for hydroxylation is 1. The van der Waals surface area contributed by atoms with E-state index in [4.69, 9.17) is 5.11 Å². The Morgan fingerprint density at radius 3 is 2.95 bits per heavy atom. The zero-order valence-corrected chi connectivity index (χ0v) is 12.9. The Bertz CT molecular complexity index is 794. The maximum atomic E-state index is 10.8. The van der Waals surface area contributed by atoms with E-state index in [1.54, 1.807) is 11.3 Å². The summed E-state index contributed by atoms with van der Waals surface area (Å²) < 4.78 is 2.05. The summed E-state index contributed by atoms with van der Waals surface area (Å²) in [5.41, 5.74) is 1.89. The molecule has 0 fully saturated rings. The number of carbonyl (C=O) groups is 1. The summed E-state index contributed by atoms with van der Waals surface area (Å²) >= 11 is 2.89. The smallest absolute Gasteiger partial charge is 0.313 e. The third-order valence-electron chi connectivity index (χ3n) is 2.93. The van der Waals surface area contributed by atoms with E-state index in [2.05, 4.69) is 14.5 Å². The van der Waals surface area contributed by atoms with Crippen molar-refractivity contribution in [1.29, 1.82) is 0 Å². The Balaban J connectivity index is 2.00. The summed E-state index contributed by atoms with van der Waals surface area (Å²) in [6.45, 7) is 2.63. The highest BCUT2D eigenvalue weighted by Crippen LogP contribution is 2.26. The lowest BCUT2D eigenvalue weighted by atomic mass is 10.3. The molecule has 3 rings (SSSR count). The Morgan fingerprint density at radius 2 is 2.24 bits per heavy atom. The van der Waals surface area contributed by atoms with Crippen molar-refractivity contribution in [3.8, 4) is 0 Å². The zero-order chi connectivity index (χ0) is 14.8. The fourth-order valence-electron chi connectivity index (χ4n) is 2.08. The average Bonchev–Trinajstić information content (AvgIpc) is 3.01. The van der Waals surface area contributed by atoms with Gasteiger partial charge in [0.1, 0.15) is 0 Å². The van der Waals surface area contributed by atoms with Crippen molar-refractivity contribution in [2.75, 3.05) is 5.75 Å². The van der Waals surface area contributed by atoms with Gasteiger partial charge in [-0.15, -0.1) is 11.3 Å². The van der Waals surface area contributed by atoms with E-state index in [-0.39, 0.29) is 5.75 Å². The van der Waals surface area contributed by atoms with Crippen LogP contribution in [0, 0.1) is 6.92 Å². The predicted molar refractivity (Wildman–Crippen MR) is 84.0 cm³/mol. The minimum Gasteiger partial charge on any atom is -0.481 e. The number of aromatic nitrogens is 3. The molecule has 0 amide bonds. The van der Waals surface area contributed by atoms with Crippen molar-refractivity contribution < 1.29 is 9.90 Å². The molecule has 0 saturated carbocycles. The number of thioether (sulfide) groups is 1. The van der Waals surface area contributed by atoms with E-state index in [1.165, 1.54) is 11.8 Å². The number of thiazole rings is 1. The molecule has 2 aromatic heterocycles. The van der Waals surface area contributed by atoms with Crippen LogP contribution in [0.3, 0.4) is 0 Å². The lowest BCUT2D eigenvalue weighted by molar-refractivity contribution is -0.133. The largest absolute Gasteiger partial charge is 0.481 e. The van der Waals surface area contributed by atoms with Crippen LogP contribution in [-0.4, -0.2) is 31.4 Å². The third-order valence-corrected chi connectivity index (χ3v) is 4.79. The minimum atomic E-state index is -0.841. The highest BCUT2D eigenvalue weighted by atomic mass is 32.2. The summed E-state index contributed by atoms with van der Waals surface area (Å²) in [5.74, 6) is -0.836. The molecule has 0 aliphatic rings. The zero-order valence-electron chi connectivity index (χ0n) is 11.3. The van der Waals surface area contributed by atoms with Gasteiger partial charge in [-0.25, -0.2) is 9.97 Å². The van der Waals surface area contributed by atoms with Gasteiger partial charge in [-0.3, -0.25) is 4.79 Å². The first kappa shape index (κ1) is 14.1. The van der Waals surface area contributed by atoms with Gasteiger partial charge in [0.25, 0.3) is 0 Å². The van der Waals surface area contributed by atoms with Crippen molar-refractivity contribution in [3.63, 3.8) is 0 Å². The lowest BCUT2D eigenvalue weighted by Crippen LogP contribution is -2.03. The van der Waals surface area contributed by atoms with Crippen molar-refractivity contribution in [2.24, 2.45) is 0 Å². The number of benzene rings is 1. The Labute approximate surface area is 129 Å². The van der Waals surface area contributed by atoms with Gasteiger partial charge in [0.05, 0.1) is 28.3 Å². The lowest BCUT2D eigenvalue weighted by Gasteiger charge is -2.06. The Kier molecular flexibility index (Phi) is 3.94. The molecule has 0 aliphatic carbocycles. The van der Waals surface area contributed by atoms with E-state index >= 15 is 0 Å². The SMILES string of the molecule is Cc1ncc(Cn2c(SCC(=O)O)nc3ccccc32)s1. The molecule has 1 N–H and O–H groups in total. The second-order valence-electron chi connectivity index (χ2n) is 4.50. The minimum absolute atomic E-state index is 0.00500. The quantitative estimate of drug-likeness (QED) is 0.732. The van der Waals surface area contributed by atoms with Gasteiger partial charge in [-0.1, -0.05) is 23.9 Å². The molecule has 0 atom stereocenters. The van der Waals surface area contributed by atoms with Gasteiger partial charge in [0, 0.05) is 11.1 Å². The number of fused-ring (bicyclic) bond motifs is 1. The second-order valence-corrected chi connectivity index (χ2v) is 6.76. The molecule has 0 saturated heterocycles. The molecule has 1 aromatic carbocycles. The molecular weight excluding hydrogens is 306 g/mol. The molecule has 0 aliphatic heterocycles. The summed E-state index contributed by atoms with van der Waals surface area (Å²) in [7, 11) is 0. The van der Waals surface area contributed by atoms with Crippen molar-refractivity contribution in [3.05, 3.63) is 40.3 Å². The molecular formula is C14H13N3O2S2. The number of carboxylic acids is 1. The van der Waals surface area contributed by atoms with Crippen LogP contribution in [0.2, 0.25) is 0 Å². The van der Waals surface area contributed by atoms with E-state index in [1.807, 2.05) is 37.4 Å². The molecule has 0 spiro atoms. The van der Waals surface area contributed by atoms with Crippen molar-refractivity contribution >= 4 is 40.1 Å². The first-order valence-electron chi connectivity index (χ1n) is 6.34. The maximum Gasteiger partial charge on any atom is 0.313 e. The number of rotatable bonds is 5. The standard InChI is InChI=1S/C14H13N3O2S2/c1-9-15-6-10(21-9)7-17-12-5-3-2-4-11(12)16-14(17)20-8-13(18)19/h2-6H,7-8H2,1H3,(H,18,19). The predicted octanol–water partition coefficient (Wildman–Crippen LogP) is 3.03. The van der Waals surface area contributed by atoms with Crippen LogP contribution in [0.15, 0.2) is 35.6 Å². The average molecular weight is 319 g/mol. The molecule has 0 bridgehead atoms. The molecule has 0 radical (unpaired) electrons. The fourth-order valence-corrected chi connectivity index (χ4v) is 3.60. The van der Waals surface area contributed by atoms with Crippen LogP contribution in [0.5, 0.6) is 0 Å². The van der Waals surface area contributed by atoms with Gasteiger partial charge >= 0.3 is 5.97 Å². The van der Waals surface area contributed by atoms with E-state index in [0.29, 0.717) is 6.54 Å². The summed E-state index contributed by atoms with van der Waals surface area (Å²) in [4.78, 5) is 20.7. The number of carboxylic acid groups (broad SMARTS) is 1. The van der Waals surface area contributed by atoms with E-state index < -0.39 is 5.97 Å². The Morgan fingerprint density at radius 1 is 1.43 bits per heavy atom. The number of hydrogen-bond donors (Lipinski definition) is 1.